The van der Waals surface area contributed by atoms with Gasteiger partial charge in [-0.25, -0.2) is 14.2 Å². The number of hydrogen-bond acceptors (Lipinski definition) is 5. The topological polar surface area (TPSA) is 150 Å². The molecule has 0 unspecified atom stereocenters. The maximum atomic E-state index is 10.9. The molecule has 0 aliphatic rings. The molecule has 0 spiro atoms. The van der Waals surface area contributed by atoms with Crippen molar-refractivity contribution in [3.8, 4) is 0 Å². The van der Waals surface area contributed by atoms with Gasteiger partial charge in [0.1, 0.15) is 5.69 Å². The monoisotopic (exact) mass is 236 g/mol. The highest BCUT2D eigenvalue weighted by Crippen LogP contribution is 2.36. The quantitative estimate of drug-likeness (QED) is 0.447. The largest absolute Gasteiger partial charge is 0.527 e. The van der Waals surface area contributed by atoms with Crippen LogP contribution >= 0.6 is 7.82 Å². The summed E-state index contributed by atoms with van der Waals surface area (Å²) in [6.45, 7) is 0. The van der Waals surface area contributed by atoms with E-state index in [0.717, 1.165) is 0 Å². The van der Waals surface area contributed by atoms with Crippen molar-refractivity contribution in [2.24, 2.45) is 0 Å². The second kappa shape index (κ2) is 3.81. The van der Waals surface area contributed by atoms with Crippen molar-refractivity contribution in [3.05, 3.63) is 32.6 Å². The molecule has 0 aliphatic carbocycles. The maximum Gasteiger partial charge on any atom is 0.527 e. The Morgan fingerprint density at radius 1 is 1.33 bits per heavy atom. The number of hydrogen-bond donors (Lipinski definition) is 4. The summed E-state index contributed by atoms with van der Waals surface area (Å²) in [5, 5.41) is 0. The van der Waals surface area contributed by atoms with Crippen LogP contribution in [0.15, 0.2) is 15.7 Å². The van der Waals surface area contributed by atoms with Crippen LogP contribution in [0.4, 0.5) is 0 Å². The predicted octanol–water partition coefficient (Wildman–Crippen LogP) is -1.69. The highest BCUT2D eigenvalue weighted by molar-refractivity contribution is 7.46. The van der Waals surface area contributed by atoms with Gasteiger partial charge < -0.3 is 9.51 Å². The van der Waals surface area contributed by atoms with E-state index in [-0.39, 0.29) is 0 Å². The van der Waals surface area contributed by atoms with Gasteiger partial charge in [0.2, 0.25) is 0 Å². The number of nitrogens with one attached hydrogen (secondary N) is 2. The van der Waals surface area contributed by atoms with E-state index in [1.165, 1.54) is 0 Å². The summed E-state index contributed by atoms with van der Waals surface area (Å²) in [6, 6.07) is 0.638. The average Bonchev–Trinajstić information content (AvgIpc) is 1.98. The van der Waals surface area contributed by atoms with E-state index in [1.54, 1.807) is 4.98 Å². The second-order valence-corrected chi connectivity index (χ2v) is 3.53. The summed E-state index contributed by atoms with van der Waals surface area (Å²) in [6.07, 6.45) is 0. The smallest absolute Gasteiger partial charge is 0.366 e. The van der Waals surface area contributed by atoms with E-state index in [9.17, 15) is 18.9 Å². The molecular formula is C5H5N2O7P. The lowest BCUT2D eigenvalue weighted by Crippen LogP contribution is -2.25. The Hall–Kier alpha value is -1.70. The highest BCUT2D eigenvalue weighted by Gasteiger charge is 2.22. The lowest BCUT2D eigenvalue weighted by Gasteiger charge is -2.03. The van der Waals surface area contributed by atoms with Crippen molar-refractivity contribution in [2.75, 3.05) is 0 Å². The van der Waals surface area contributed by atoms with Gasteiger partial charge in [-0.2, -0.15) is 0 Å². The van der Waals surface area contributed by atoms with Crippen molar-refractivity contribution in [1.29, 1.82) is 0 Å². The van der Waals surface area contributed by atoms with Crippen LogP contribution < -0.4 is 11.2 Å². The van der Waals surface area contributed by atoms with Gasteiger partial charge in [-0.3, -0.25) is 19.6 Å². The number of phosphoric ester groups is 1. The SMILES string of the molecule is O=C(OP(=O)(O)O)c1cc(=O)[nH]c(=O)[nH]1. The number of aromatic amines is 2. The van der Waals surface area contributed by atoms with E-state index in [2.05, 4.69) is 4.52 Å². The summed E-state index contributed by atoms with van der Waals surface area (Å²) < 4.78 is 13.9. The van der Waals surface area contributed by atoms with Crippen LogP contribution in [0.3, 0.4) is 0 Å². The molecule has 0 saturated carbocycles. The molecule has 1 heterocycles. The number of phosphoric acid groups is 1. The fourth-order valence-electron chi connectivity index (χ4n) is 0.736. The normalized spacial score (nSPS) is 11.1. The molecule has 0 aromatic carbocycles. The Morgan fingerprint density at radius 2 is 1.93 bits per heavy atom. The minimum absolute atomic E-state index is 0.638. The molecule has 4 N–H and O–H groups in total. The average molecular weight is 236 g/mol. The van der Waals surface area contributed by atoms with E-state index in [4.69, 9.17) is 9.79 Å². The lowest BCUT2D eigenvalue weighted by molar-refractivity contribution is 0.0671. The molecule has 82 valence electrons. The number of rotatable bonds is 2. The minimum Gasteiger partial charge on any atom is -0.366 e. The first-order valence-corrected chi connectivity index (χ1v) is 4.94. The van der Waals surface area contributed by atoms with Gasteiger partial charge in [-0.05, 0) is 0 Å². The van der Waals surface area contributed by atoms with Crippen LogP contribution in [0.1, 0.15) is 10.5 Å². The summed E-state index contributed by atoms with van der Waals surface area (Å²) in [4.78, 5) is 52.5. The molecule has 1 aromatic heterocycles. The molecule has 10 heteroatoms. The van der Waals surface area contributed by atoms with Crippen LogP contribution in [-0.4, -0.2) is 25.7 Å². The van der Waals surface area contributed by atoms with Crippen LogP contribution in [0.5, 0.6) is 0 Å². The van der Waals surface area contributed by atoms with Gasteiger partial charge in [0.15, 0.2) is 0 Å². The van der Waals surface area contributed by atoms with Crippen LogP contribution in [-0.2, 0) is 9.09 Å². The molecule has 15 heavy (non-hydrogen) atoms. The van der Waals surface area contributed by atoms with Gasteiger partial charge in [-0.1, -0.05) is 0 Å². The first kappa shape index (κ1) is 11.4. The second-order valence-electron chi connectivity index (χ2n) is 2.37. The van der Waals surface area contributed by atoms with Crippen molar-refractivity contribution in [3.63, 3.8) is 0 Å². The predicted molar refractivity (Wildman–Crippen MR) is 45.1 cm³/mol. The number of aromatic nitrogens is 2. The van der Waals surface area contributed by atoms with Gasteiger partial charge in [0.25, 0.3) is 5.56 Å². The third-order valence-electron chi connectivity index (χ3n) is 1.18. The molecular weight excluding hydrogens is 231 g/mol. The first-order chi connectivity index (χ1) is 6.78. The third kappa shape index (κ3) is 3.50. The van der Waals surface area contributed by atoms with Crippen molar-refractivity contribution >= 4 is 13.8 Å². The highest BCUT2D eigenvalue weighted by atomic mass is 31.2. The Labute approximate surface area is 81.0 Å². The lowest BCUT2D eigenvalue weighted by atomic mass is 10.4. The molecule has 0 amide bonds. The van der Waals surface area contributed by atoms with E-state index in [0.29, 0.717) is 6.07 Å². The van der Waals surface area contributed by atoms with Gasteiger partial charge in [0.05, 0.1) is 0 Å². The van der Waals surface area contributed by atoms with Crippen LogP contribution in [0.2, 0.25) is 0 Å². The summed E-state index contributed by atoms with van der Waals surface area (Å²) in [5.41, 5.74) is -2.52. The standard InChI is InChI=1S/C5H5N2O7P/c8-3-1-2(6-5(10)7-3)4(9)14-15(11,12)13/h1H,(H2,11,12,13)(H2,6,7,8,10). The summed E-state index contributed by atoms with van der Waals surface area (Å²) in [5.74, 6) is -1.49. The molecule has 1 rings (SSSR count). The number of carbonyl (C=O) groups is 1. The minimum atomic E-state index is -5.00. The Morgan fingerprint density at radius 3 is 2.40 bits per heavy atom. The van der Waals surface area contributed by atoms with Gasteiger partial charge in [0, 0.05) is 6.07 Å². The van der Waals surface area contributed by atoms with Gasteiger partial charge in [-0.15, -0.1) is 0 Å². The molecule has 0 fully saturated rings. The van der Waals surface area contributed by atoms with E-state index >= 15 is 0 Å². The molecule has 0 saturated heterocycles. The van der Waals surface area contributed by atoms with Crippen molar-refractivity contribution < 1.29 is 23.7 Å². The van der Waals surface area contributed by atoms with Crippen molar-refractivity contribution in [1.82, 2.24) is 9.97 Å². The van der Waals surface area contributed by atoms with Crippen LogP contribution in [0.25, 0.3) is 0 Å². The van der Waals surface area contributed by atoms with Gasteiger partial charge >= 0.3 is 19.5 Å². The van der Waals surface area contributed by atoms with Crippen molar-refractivity contribution in [2.45, 2.75) is 0 Å². The fourth-order valence-corrected chi connectivity index (χ4v) is 1.05. The number of carbonyl (C=O) groups excluding carboxylic acids is 1. The number of H-pyrrole nitrogens is 2. The summed E-state index contributed by atoms with van der Waals surface area (Å²) in [7, 11) is -5.00. The molecule has 0 aliphatic heterocycles. The van der Waals surface area contributed by atoms with E-state index < -0.39 is 30.7 Å². The zero-order valence-electron chi connectivity index (χ0n) is 6.96. The Bertz CT molecular complexity index is 509. The molecule has 0 radical (unpaired) electrons. The summed E-state index contributed by atoms with van der Waals surface area (Å²) >= 11 is 0. The molecule has 9 nitrogen and oxygen atoms in total. The Kier molecular flexibility index (Phi) is 2.89. The fraction of sp³-hybridized carbons (Fsp3) is 0. The zero-order valence-corrected chi connectivity index (χ0v) is 7.85. The van der Waals surface area contributed by atoms with E-state index in [1.807, 2.05) is 4.98 Å². The molecule has 0 bridgehead atoms. The molecule has 1 aromatic rings. The molecule has 0 atom stereocenters. The third-order valence-corrected chi connectivity index (χ3v) is 1.59. The Balaban J connectivity index is 3.08. The first-order valence-electron chi connectivity index (χ1n) is 3.41. The van der Waals surface area contributed by atoms with Crippen LogP contribution in [0, 0.1) is 0 Å². The zero-order chi connectivity index (χ0) is 11.6. The maximum absolute atomic E-state index is 10.9.